The summed E-state index contributed by atoms with van der Waals surface area (Å²) in [7, 11) is 0. The van der Waals surface area contributed by atoms with Crippen LogP contribution in [0, 0.1) is 3.57 Å². The van der Waals surface area contributed by atoms with Crippen LogP contribution in [0.4, 0.5) is 0 Å². The molecule has 1 atom stereocenters. The molecule has 0 bridgehead atoms. The zero-order valence-electron chi connectivity index (χ0n) is 10.5. The summed E-state index contributed by atoms with van der Waals surface area (Å²) in [5.74, 6) is -0.364. The summed E-state index contributed by atoms with van der Waals surface area (Å²) in [6, 6.07) is 14.4. The molecule has 5 heteroatoms. The summed E-state index contributed by atoms with van der Waals surface area (Å²) in [4.78, 5) is 12.0. The molecule has 0 radical (unpaired) electrons. The van der Waals surface area contributed by atoms with Gasteiger partial charge in [-0.1, -0.05) is 30.3 Å². The molecule has 0 aliphatic rings. The average molecular weight is 402 g/mol. The molecule has 0 aliphatic carbocycles. The van der Waals surface area contributed by atoms with Crippen molar-refractivity contribution in [2.75, 3.05) is 6.54 Å². The molecular formula is C15H13ClINO2. The van der Waals surface area contributed by atoms with Gasteiger partial charge in [0.2, 0.25) is 0 Å². The van der Waals surface area contributed by atoms with Gasteiger partial charge in [0, 0.05) is 10.1 Å². The lowest BCUT2D eigenvalue weighted by Crippen LogP contribution is -2.27. The molecule has 0 saturated carbocycles. The van der Waals surface area contributed by atoms with Gasteiger partial charge in [-0.05, 0) is 46.4 Å². The van der Waals surface area contributed by atoms with E-state index in [0.29, 0.717) is 6.54 Å². The third kappa shape index (κ3) is 3.86. The summed E-state index contributed by atoms with van der Waals surface area (Å²) < 4.78 is 0.885. The van der Waals surface area contributed by atoms with Gasteiger partial charge in [0.05, 0.1) is 10.9 Å². The molecule has 0 heterocycles. The van der Waals surface area contributed by atoms with Gasteiger partial charge in [0.1, 0.15) is 5.75 Å². The van der Waals surface area contributed by atoms with E-state index < -0.39 is 0 Å². The topological polar surface area (TPSA) is 49.3 Å². The second-order valence-electron chi connectivity index (χ2n) is 4.25. The van der Waals surface area contributed by atoms with Crippen LogP contribution in [0.1, 0.15) is 21.3 Å². The Kier molecular flexibility index (Phi) is 5.25. The van der Waals surface area contributed by atoms with E-state index in [0.717, 1.165) is 9.13 Å². The van der Waals surface area contributed by atoms with Crippen molar-refractivity contribution in [3.8, 4) is 5.75 Å². The van der Waals surface area contributed by atoms with Crippen LogP contribution in [-0.4, -0.2) is 17.6 Å². The number of phenolic OH excluding ortho intramolecular Hbond substituents is 1. The highest BCUT2D eigenvalue weighted by Gasteiger charge is 2.14. The molecule has 104 valence electrons. The van der Waals surface area contributed by atoms with Gasteiger partial charge in [0.15, 0.2) is 0 Å². The number of carbonyl (C=O) groups excluding carboxylic acids is 1. The highest BCUT2D eigenvalue weighted by Crippen LogP contribution is 2.21. The van der Waals surface area contributed by atoms with Crippen LogP contribution in [0.5, 0.6) is 5.75 Å². The Labute approximate surface area is 136 Å². The van der Waals surface area contributed by atoms with Crippen molar-refractivity contribution in [2.45, 2.75) is 5.38 Å². The Balaban J connectivity index is 2.00. The van der Waals surface area contributed by atoms with Gasteiger partial charge < -0.3 is 10.4 Å². The monoisotopic (exact) mass is 401 g/mol. The average Bonchev–Trinajstić information content (AvgIpc) is 2.47. The molecule has 1 unspecified atom stereocenters. The van der Waals surface area contributed by atoms with Crippen molar-refractivity contribution in [1.29, 1.82) is 0 Å². The third-order valence-corrected chi connectivity index (χ3v) is 3.88. The summed E-state index contributed by atoms with van der Waals surface area (Å²) in [6.07, 6.45) is 0. The van der Waals surface area contributed by atoms with Gasteiger partial charge in [-0.2, -0.15) is 0 Å². The molecule has 2 aromatic carbocycles. The summed E-state index contributed by atoms with van der Waals surface area (Å²) >= 11 is 8.32. The van der Waals surface area contributed by atoms with Crippen molar-refractivity contribution < 1.29 is 9.90 Å². The first kappa shape index (κ1) is 15.1. The van der Waals surface area contributed by atoms with E-state index >= 15 is 0 Å². The largest absolute Gasteiger partial charge is 0.507 e. The number of phenols is 1. The zero-order chi connectivity index (χ0) is 14.5. The maximum absolute atomic E-state index is 12.0. The fourth-order valence-corrected chi connectivity index (χ4v) is 2.46. The molecule has 2 aromatic rings. The molecule has 0 saturated heterocycles. The Morgan fingerprint density at radius 1 is 1.25 bits per heavy atom. The Morgan fingerprint density at radius 3 is 2.65 bits per heavy atom. The molecule has 2 N–H and O–H groups in total. The minimum atomic E-state index is -0.331. The van der Waals surface area contributed by atoms with E-state index in [1.165, 1.54) is 6.07 Å². The Morgan fingerprint density at radius 2 is 1.95 bits per heavy atom. The molecule has 0 aliphatic heterocycles. The number of rotatable bonds is 4. The molecule has 1 amide bonds. The number of benzene rings is 2. The van der Waals surface area contributed by atoms with E-state index in [4.69, 9.17) is 11.6 Å². The van der Waals surface area contributed by atoms with Crippen LogP contribution in [0.25, 0.3) is 0 Å². The number of alkyl halides is 1. The maximum Gasteiger partial charge on any atom is 0.255 e. The summed E-state index contributed by atoms with van der Waals surface area (Å²) in [5.41, 5.74) is 1.20. The minimum absolute atomic E-state index is 0.0336. The molecule has 2 rings (SSSR count). The van der Waals surface area contributed by atoms with Crippen LogP contribution >= 0.6 is 34.2 Å². The summed E-state index contributed by atoms with van der Waals surface area (Å²) in [5, 5.41) is 12.1. The van der Waals surface area contributed by atoms with Gasteiger partial charge in [0.25, 0.3) is 5.91 Å². The molecule has 0 aromatic heterocycles. The first-order valence-electron chi connectivity index (χ1n) is 6.03. The summed E-state index contributed by atoms with van der Waals surface area (Å²) in [6.45, 7) is 0.301. The lowest BCUT2D eigenvalue weighted by molar-refractivity contribution is 0.0951. The van der Waals surface area contributed by atoms with Crippen LogP contribution in [0.2, 0.25) is 0 Å². The standard InChI is InChI=1S/C15H13ClINO2/c16-13(10-4-2-1-3-5-10)9-18-15(20)12-8-11(17)6-7-14(12)19/h1-8,13,19H,9H2,(H,18,20). The normalized spacial score (nSPS) is 11.9. The SMILES string of the molecule is O=C(NCC(Cl)c1ccccc1)c1cc(I)ccc1O. The first-order valence-corrected chi connectivity index (χ1v) is 7.55. The van der Waals surface area contributed by atoms with Crippen molar-refractivity contribution in [1.82, 2.24) is 5.32 Å². The number of aromatic hydroxyl groups is 1. The number of nitrogens with one attached hydrogen (secondary N) is 1. The van der Waals surface area contributed by atoms with Gasteiger partial charge >= 0.3 is 0 Å². The number of hydrogen-bond donors (Lipinski definition) is 2. The third-order valence-electron chi connectivity index (χ3n) is 2.81. The number of amides is 1. The van der Waals surface area contributed by atoms with E-state index in [9.17, 15) is 9.90 Å². The van der Waals surface area contributed by atoms with Crippen molar-refractivity contribution in [3.05, 3.63) is 63.2 Å². The molecule has 3 nitrogen and oxygen atoms in total. The fraction of sp³-hybridized carbons (Fsp3) is 0.133. The lowest BCUT2D eigenvalue weighted by atomic mass is 10.1. The fourth-order valence-electron chi connectivity index (χ4n) is 1.75. The quantitative estimate of drug-likeness (QED) is 0.606. The van der Waals surface area contributed by atoms with Gasteiger partial charge in [-0.15, -0.1) is 11.6 Å². The minimum Gasteiger partial charge on any atom is -0.507 e. The number of carbonyl (C=O) groups is 1. The maximum atomic E-state index is 12.0. The number of halogens is 2. The smallest absolute Gasteiger partial charge is 0.255 e. The molecular weight excluding hydrogens is 389 g/mol. The highest BCUT2D eigenvalue weighted by atomic mass is 127. The van der Waals surface area contributed by atoms with Crippen LogP contribution < -0.4 is 5.32 Å². The van der Waals surface area contributed by atoms with Crippen molar-refractivity contribution >= 4 is 40.1 Å². The van der Waals surface area contributed by atoms with Crippen LogP contribution in [0.15, 0.2) is 48.5 Å². The van der Waals surface area contributed by atoms with E-state index in [1.807, 2.05) is 30.3 Å². The Bertz CT molecular complexity index is 604. The highest BCUT2D eigenvalue weighted by molar-refractivity contribution is 14.1. The predicted octanol–water partition coefficient (Wildman–Crippen LogP) is 3.71. The van der Waals surface area contributed by atoms with Gasteiger partial charge in [-0.25, -0.2) is 0 Å². The first-order chi connectivity index (χ1) is 9.58. The molecule has 0 fully saturated rings. The van der Waals surface area contributed by atoms with Crippen molar-refractivity contribution in [3.63, 3.8) is 0 Å². The predicted molar refractivity (Wildman–Crippen MR) is 88.2 cm³/mol. The van der Waals surface area contributed by atoms with Crippen molar-refractivity contribution in [2.24, 2.45) is 0 Å². The van der Waals surface area contributed by atoms with E-state index in [-0.39, 0.29) is 22.6 Å². The molecule has 0 spiro atoms. The zero-order valence-corrected chi connectivity index (χ0v) is 13.4. The van der Waals surface area contributed by atoms with E-state index in [1.54, 1.807) is 12.1 Å². The second kappa shape index (κ2) is 6.95. The number of hydrogen-bond acceptors (Lipinski definition) is 2. The van der Waals surface area contributed by atoms with Crippen LogP contribution in [0.3, 0.4) is 0 Å². The van der Waals surface area contributed by atoms with E-state index in [2.05, 4.69) is 27.9 Å². The molecule has 20 heavy (non-hydrogen) atoms. The second-order valence-corrected chi connectivity index (χ2v) is 6.02. The lowest BCUT2D eigenvalue weighted by Gasteiger charge is -2.12. The van der Waals surface area contributed by atoms with Crippen LogP contribution in [-0.2, 0) is 0 Å². The van der Waals surface area contributed by atoms with Gasteiger partial charge in [-0.3, -0.25) is 4.79 Å². The Hall–Kier alpha value is -1.27.